The van der Waals surface area contributed by atoms with Crippen molar-refractivity contribution in [2.75, 3.05) is 44.4 Å². The van der Waals surface area contributed by atoms with Gasteiger partial charge in [-0.1, -0.05) is 0 Å². The minimum absolute atomic E-state index is 0.0346. The predicted octanol–water partition coefficient (Wildman–Crippen LogP) is 1.31. The van der Waals surface area contributed by atoms with Crippen molar-refractivity contribution in [3.63, 3.8) is 0 Å². The van der Waals surface area contributed by atoms with E-state index in [9.17, 15) is 0 Å². The van der Waals surface area contributed by atoms with E-state index in [4.69, 9.17) is 19.6 Å². The molecule has 0 unspecified atom stereocenters. The molecule has 4 heterocycles. The molecule has 3 aromatic rings. The Hall–Kier alpha value is -2.71. The van der Waals surface area contributed by atoms with Gasteiger partial charge in [0.2, 0.25) is 5.88 Å². The summed E-state index contributed by atoms with van der Waals surface area (Å²) in [6.45, 7) is 5.21. The van der Waals surface area contributed by atoms with Crippen LogP contribution >= 0.6 is 0 Å². The Bertz CT molecular complexity index is 888. The van der Waals surface area contributed by atoms with Gasteiger partial charge in [0.25, 0.3) is 0 Å². The van der Waals surface area contributed by atoms with Crippen LogP contribution in [0.15, 0.2) is 30.7 Å². The molecule has 1 aliphatic heterocycles. The molecule has 4 rings (SSSR count). The third kappa shape index (κ3) is 3.09. The van der Waals surface area contributed by atoms with Gasteiger partial charge in [0.05, 0.1) is 31.2 Å². The van der Waals surface area contributed by atoms with Gasteiger partial charge >= 0.3 is 0 Å². The highest BCUT2D eigenvalue weighted by molar-refractivity contribution is 5.73. The van der Waals surface area contributed by atoms with E-state index in [1.807, 2.05) is 19.2 Å². The van der Waals surface area contributed by atoms with Crippen molar-refractivity contribution in [1.29, 1.82) is 0 Å². The van der Waals surface area contributed by atoms with Crippen molar-refractivity contribution in [2.45, 2.75) is 6.92 Å². The van der Waals surface area contributed by atoms with Gasteiger partial charge in [-0.2, -0.15) is 0 Å². The summed E-state index contributed by atoms with van der Waals surface area (Å²) in [5.74, 6) is 1.37. The third-order valence-corrected chi connectivity index (χ3v) is 4.36. The molecule has 1 N–H and O–H groups in total. The molecule has 0 spiro atoms. The zero-order chi connectivity index (χ0) is 17.9. The zero-order valence-corrected chi connectivity index (χ0v) is 14.6. The molecule has 1 fully saturated rings. The van der Waals surface area contributed by atoms with E-state index in [0.717, 1.165) is 41.5 Å². The fourth-order valence-electron chi connectivity index (χ4n) is 3.18. The molecule has 0 aromatic carbocycles. The summed E-state index contributed by atoms with van der Waals surface area (Å²) in [6.07, 6.45) is 5.48. The van der Waals surface area contributed by atoms with Crippen molar-refractivity contribution in [1.82, 2.24) is 19.4 Å². The van der Waals surface area contributed by atoms with Crippen molar-refractivity contribution in [2.24, 2.45) is 0 Å². The number of ether oxygens (including phenoxy) is 2. The third-order valence-electron chi connectivity index (χ3n) is 4.36. The molecule has 0 bridgehead atoms. The molecule has 26 heavy (non-hydrogen) atoms. The summed E-state index contributed by atoms with van der Waals surface area (Å²) < 4.78 is 12.8. The molecule has 0 radical (unpaired) electrons. The van der Waals surface area contributed by atoms with Crippen LogP contribution in [0.1, 0.15) is 5.69 Å². The summed E-state index contributed by atoms with van der Waals surface area (Å²) in [4.78, 5) is 15.8. The maximum Gasteiger partial charge on any atom is 0.213 e. The highest BCUT2D eigenvalue weighted by Gasteiger charge is 2.20. The Labute approximate surface area is 151 Å². The van der Waals surface area contributed by atoms with Crippen molar-refractivity contribution in [3.8, 4) is 17.1 Å². The highest BCUT2D eigenvalue weighted by Crippen LogP contribution is 2.29. The number of nitrogens with zero attached hydrogens (tertiary/aromatic N) is 5. The number of fused-ring (bicyclic) bond motifs is 1. The van der Waals surface area contributed by atoms with Crippen LogP contribution < -0.4 is 9.64 Å². The van der Waals surface area contributed by atoms with E-state index in [-0.39, 0.29) is 13.2 Å². The fraction of sp³-hybridized carbons (Fsp3) is 0.389. The Morgan fingerprint density at radius 2 is 2.08 bits per heavy atom. The molecule has 8 heteroatoms. The normalized spacial score (nSPS) is 14.8. The maximum absolute atomic E-state index is 8.84. The lowest BCUT2D eigenvalue weighted by atomic mass is 10.2. The molecule has 3 aromatic heterocycles. The number of anilines is 1. The van der Waals surface area contributed by atoms with E-state index < -0.39 is 0 Å². The van der Waals surface area contributed by atoms with E-state index in [1.54, 1.807) is 18.5 Å². The van der Waals surface area contributed by atoms with Gasteiger partial charge in [-0.25, -0.2) is 15.0 Å². The number of morpholine rings is 1. The smallest absolute Gasteiger partial charge is 0.213 e. The average molecular weight is 355 g/mol. The molecule has 1 saturated heterocycles. The second kappa shape index (κ2) is 7.27. The van der Waals surface area contributed by atoms with Crippen molar-refractivity contribution in [3.05, 3.63) is 36.4 Å². The summed E-state index contributed by atoms with van der Waals surface area (Å²) in [5, 5.41) is 8.84. The van der Waals surface area contributed by atoms with Crippen molar-refractivity contribution >= 4 is 11.5 Å². The lowest BCUT2D eigenvalue weighted by molar-refractivity contribution is 0.122. The largest absolute Gasteiger partial charge is 0.475 e. The SMILES string of the molecule is Cc1nc2c(N3CCOCC3)nccn2c1-c1ccc(OCCO)nc1. The summed E-state index contributed by atoms with van der Waals surface area (Å²) >= 11 is 0. The van der Waals surface area contributed by atoms with Crippen molar-refractivity contribution < 1.29 is 14.6 Å². The molecule has 0 amide bonds. The quantitative estimate of drug-likeness (QED) is 0.738. The number of aryl methyl sites for hydroxylation is 1. The van der Waals surface area contributed by atoms with Crippen LogP contribution in [-0.2, 0) is 4.74 Å². The first-order valence-electron chi connectivity index (χ1n) is 8.64. The maximum atomic E-state index is 8.84. The number of imidazole rings is 1. The van der Waals surface area contributed by atoms with Gasteiger partial charge in [-0.05, 0) is 13.0 Å². The average Bonchev–Trinajstić information content (AvgIpc) is 3.03. The van der Waals surface area contributed by atoms with Gasteiger partial charge in [0, 0.05) is 43.3 Å². The Morgan fingerprint density at radius 3 is 2.81 bits per heavy atom. The van der Waals surface area contributed by atoms with Crippen LogP contribution in [0.25, 0.3) is 16.9 Å². The number of pyridine rings is 1. The first-order chi connectivity index (χ1) is 12.8. The van der Waals surface area contributed by atoms with Gasteiger partial charge in [0.15, 0.2) is 11.5 Å². The Kier molecular flexibility index (Phi) is 4.68. The summed E-state index contributed by atoms with van der Waals surface area (Å²) in [5.41, 5.74) is 3.68. The topological polar surface area (TPSA) is 85.0 Å². The second-order valence-electron chi connectivity index (χ2n) is 6.05. The van der Waals surface area contributed by atoms with Crippen LogP contribution in [0.2, 0.25) is 0 Å². The van der Waals surface area contributed by atoms with Gasteiger partial charge in [-0.3, -0.25) is 4.40 Å². The van der Waals surface area contributed by atoms with Gasteiger partial charge < -0.3 is 19.5 Å². The Balaban J connectivity index is 1.72. The lowest BCUT2D eigenvalue weighted by Gasteiger charge is -2.27. The first-order valence-corrected chi connectivity index (χ1v) is 8.64. The number of hydrogen-bond acceptors (Lipinski definition) is 7. The summed E-state index contributed by atoms with van der Waals surface area (Å²) in [6, 6.07) is 3.75. The molecule has 0 saturated carbocycles. The molecule has 0 atom stereocenters. The van der Waals surface area contributed by atoms with Crippen LogP contribution in [0.4, 0.5) is 5.82 Å². The molecule has 136 valence electrons. The number of hydrogen-bond donors (Lipinski definition) is 1. The highest BCUT2D eigenvalue weighted by atomic mass is 16.5. The second-order valence-corrected chi connectivity index (χ2v) is 6.05. The molecule has 0 aliphatic carbocycles. The molecular weight excluding hydrogens is 334 g/mol. The van der Waals surface area contributed by atoms with E-state index in [0.29, 0.717) is 19.1 Å². The number of aromatic nitrogens is 4. The predicted molar refractivity (Wildman–Crippen MR) is 96.6 cm³/mol. The van der Waals surface area contributed by atoms with E-state index in [2.05, 4.69) is 19.3 Å². The monoisotopic (exact) mass is 355 g/mol. The molecule has 8 nitrogen and oxygen atoms in total. The standard InChI is InChI=1S/C18H21N5O3/c1-13-16(14-2-3-15(20-12-14)26-11-8-24)23-5-4-19-17(18(23)21-13)22-6-9-25-10-7-22/h2-5,12,24H,6-11H2,1H3. The van der Waals surface area contributed by atoms with Crippen LogP contribution in [-0.4, -0.2) is 64.0 Å². The molecule has 1 aliphatic rings. The minimum atomic E-state index is -0.0346. The minimum Gasteiger partial charge on any atom is -0.475 e. The number of rotatable bonds is 5. The number of aliphatic hydroxyl groups excluding tert-OH is 1. The lowest BCUT2D eigenvalue weighted by Crippen LogP contribution is -2.37. The van der Waals surface area contributed by atoms with Crippen LogP contribution in [0, 0.1) is 6.92 Å². The molecular formula is C18H21N5O3. The van der Waals surface area contributed by atoms with Crippen LogP contribution in [0.5, 0.6) is 5.88 Å². The summed E-state index contributed by atoms with van der Waals surface area (Å²) in [7, 11) is 0. The zero-order valence-electron chi connectivity index (χ0n) is 14.6. The van der Waals surface area contributed by atoms with Crippen LogP contribution in [0.3, 0.4) is 0 Å². The fourth-order valence-corrected chi connectivity index (χ4v) is 3.18. The van der Waals surface area contributed by atoms with E-state index >= 15 is 0 Å². The number of aliphatic hydroxyl groups is 1. The Morgan fingerprint density at radius 1 is 1.23 bits per heavy atom. The van der Waals surface area contributed by atoms with E-state index in [1.165, 1.54) is 0 Å². The van der Waals surface area contributed by atoms with Gasteiger partial charge in [-0.15, -0.1) is 0 Å². The van der Waals surface area contributed by atoms with Gasteiger partial charge in [0.1, 0.15) is 6.61 Å². The first kappa shape index (κ1) is 16.7.